The zero-order valence-corrected chi connectivity index (χ0v) is 20.4. The van der Waals surface area contributed by atoms with Crippen LogP contribution in [0.1, 0.15) is 0 Å². The van der Waals surface area contributed by atoms with Crippen LogP contribution in [0, 0.1) is 0 Å². The van der Waals surface area contributed by atoms with E-state index in [2.05, 4.69) is 20.0 Å². The molecule has 5 aromatic rings. The molecular formula is C26H23N5O4S. The largest absolute Gasteiger partial charge is 0.497 e. The van der Waals surface area contributed by atoms with Crippen LogP contribution in [0.4, 0.5) is 17.3 Å². The van der Waals surface area contributed by atoms with Crippen molar-refractivity contribution in [2.24, 2.45) is 0 Å². The number of aromatic nitrogens is 3. The van der Waals surface area contributed by atoms with Gasteiger partial charge >= 0.3 is 0 Å². The summed E-state index contributed by atoms with van der Waals surface area (Å²) in [5.74, 6) is 1.42. The third kappa shape index (κ3) is 4.80. The highest BCUT2D eigenvalue weighted by Crippen LogP contribution is 2.31. The Morgan fingerprint density at radius 2 is 1.39 bits per heavy atom. The molecule has 2 N–H and O–H groups in total. The van der Waals surface area contributed by atoms with Crippen molar-refractivity contribution < 1.29 is 17.9 Å². The summed E-state index contributed by atoms with van der Waals surface area (Å²) in [7, 11) is -0.888. The molecule has 9 nitrogen and oxygen atoms in total. The third-order valence-corrected chi connectivity index (χ3v) is 6.78. The fourth-order valence-electron chi connectivity index (χ4n) is 3.68. The summed E-state index contributed by atoms with van der Waals surface area (Å²) in [5.41, 5.74) is 2.46. The molecule has 2 aromatic heterocycles. The summed E-state index contributed by atoms with van der Waals surface area (Å²) in [5, 5.41) is 3.16. The Hall–Kier alpha value is -4.57. The molecule has 0 atom stereocenters. The highest BCUT2D eigenvalue weighted by Gasteiger charge is 2.20. The van der Waals surface area contributed by atoms with Crippen LogP contribution in [0.25, 0.3) is 16.7 Å². The minimum absolute atomic E-state index is 0.0573. The van der Waals surface area contributed by atoms with Gasteiger partial charge in [-0.2, -0.15) is 0 Å². The van der Waals surface area contributed by atoms with Crippen LogP contribution in [-0.2, 0) is 10.0 Å². The highest BCUT2D eigenvalue weighted by atomic mass is 32.2. The van der Waals surface area contributed by atoms with E-state index >= 15 is 0 Å². The topological polar surface area (TPSA) is 107 Å². The first-order chi connectivity index (χ1) is 17.4. The van der Waals surface area contributed by atoms with E-state index < -0.39 is 10.0 Å². The van der Waals surface area contributed by atoms with Crippen molar-refractivity contribution in [1.29, 1.82) is 0 Å². The number of nitrogens with zero attached hydrogens (tertiary/aromatic N) is 3. The molecule has 0 fully saturated rings. The van der Waals surface area contributed by atoms with Gasteiger partial charge in [0.1, 0.15) is 11.5 Å². The zero-order chi connectivity index (χ0) is 25.1. The van der Waals surface area contributed by atoms with Crippen molar-refractivity contribution >= 4 is 38.4 Å². The van der Waals surface area contributed by atoms with E-state index in [1.54, 1.807) is 56.7 Å². The first kappa shape index (κ1) is 23.2. The van der Waals surface area contributed by atoms with Crippen LogP contribution in [0.2, 0.25) is 0 Å². The minimum Gasteiger partial charge on any atom is -0.497 e. The van der Waals surface area contributed by atoms with Gasteiger partial charge in [-0.15, -0.1) is 0 Å². The van der Waals surface area contributed by atoms with Crippen molar-refractivity contribution in [1.82, 2.24) is 14.5 Å². The lowest BCUT2D eigenvalue weighted by atomic mass is 10.2. The second kappa shape index (κ2) is 9.59. The van der Waals surface area contributed by atoms with Crippen molar-refractivity contribution in [3.8, 4) is 17.2 Å². The van der Waals surface area contributed by atoms with Gasteiger partial charge in [0, 0.05) is 42.0 Å². The van der Waals surface area contributed by atoms with Gasteiger partial charge in [-0.3, -0.25) is 4.72 Å². The van der Waals surface area contributed by atoms with Gasteiger partial charge in [-0.05, 0) is 42.5 Å². The Morgan fingerprint density at radius 3 is 2.03 bits per heavy atom. The molecule has 0 amide bonds. The van der Waals surface area contributed by atoms with Crippen LogP contribution in [0.15, 0.2) is 96.2 Å². The molecule has 0 aliphatic carbocycles. The van der Waals surface area contributed by atoms with Crippen molar-refractivity contribution in [3.05, 3.63) is 91.3 Å². The quantitative estimate of drug-likeness (QED) is 0.309. The predicted molar refractivity (Wildman–Crippen MR) is 139 cm³/mol. The molecule has 3 aromatic carbocycles. The fourth-order valence-corrected chi connectivity index (χ4v) is 4.73. The van der Waals surface area contributed by atoms with Crippen LogP contribution in [0.3, 0.4) is 0 Å². The highest BCUT2D eigenvalue weighted by molar-refractivity contribution is 7.92. The number of hydrogen-bond acceptors (Lipinski definition) is 7. The smallest absolute Gasteiger partial charge is 0.263 e. The summed E-state index contributed by atoms with van der Waals surface area (Å²) in [6, 6.07) is 22.8. The molecule has 0 unspecified atom stereocenters. The summed E-state index contributed by atoms with van der Waals surface area (Å²) < 4.78 is 42.0. The van der Waals surface area contributed by atoms with E-state index in [-0.39, 0.29) is 16.5 Å². The molecule has 0 saturated carbocycles. The van der Waals surface area contributed by atoms with Gasteiger partial charge < -0.3 is 19.4 Å². The van der Waals surface area contributed by atoms with Crippen molar-refractivity contribution in [3.63, 3.8) is 0 Å². The lowest BCUT2D eigenvalue weighted by Gasteiger charge is -2.15. The summed E-state index contributed by atoms with van der Waals surface area (Å²) in [4.78, 5) is 9.28. The standard InChI is InChI=1S/C26H23N5O4S/c1-34-20-14-18(15-21(17-20)35-2)27-25-26(29-24-11-4-3-10-23(24)28-25)30-36(32,33)22-9-7-8-19(16-22)31-12-5-6-13-31/h3-17H,1-2H3,(H,27,28)(H,29,30). The Bertz CT molecular complexity index is 1610. The Labute approximate surface area is 208 Å². The molecule has 0 bridgehead atoms. The predicted octanol–water partition coefficient (Wildman–Crippen LogP) is 4.98. The van der Waals surface area contributed by atoms with Crippen LogP contribution >= 0.6 is 0 Å². The second-order valence-corrected chi connectivity index (χ2v) is 9.51. The minimum atomic E-state index is -3.99. The van der Waals surface area contributed by atoms with E-state index in [1.165, 1.54) is 6.07 Å². The van der Waals surface area contributed by atoms with Gasteiger partial charge in [0.15, 0.2) is 11.6 Å². The number of hydrogen-bond donors (Lipinski definition) is 2. The maximum absolute atomic E-state index is 13.4. The third-order valence-electron chi connectivity index (χ3n) is 5.45. The number of ether oxygens (including phenoxy) is 2. The number of nitrogens with one attached hydrogen (secondary N) is 2. The van der Waals surface area contributed by atoms with Gasteiger partial charge in [0.25, 0.3) is 10.0 Å². The molecule has 182 valence electrons. The van der Waals surface area contributed by atoms with E-state index in [0.29, 0.717) is 33.9 Å². The van der Waals surface area contributed by atoms with E-state index in [4.69, 9.17) is 9.47 Å². The Balaban J connectivity index is 1.55. The summed E-state index contributed by atoms with van der Waals surface area (Å²) in [6.45, 7) is 0. The molecule has 10 heteroatoms. The zero-order valence-electron chi connectivity index (χ0n) is 19.5. The number of benzene rings is 3. The molecule has 0 radical (unpaired) electrons. The molecule has 2 heterocycles. The SMILES string of the molecule is COc1cc(Nc2nc3ccccc3nc2NS(=O)(=O)c2cccc(-n3cccc3)c2)cc(OC)c1. The average molecular weight is 502 g/mol. The van der Waals surface area contributed by atoms with Gasteiger partial charge in [-0.1, -0.05) is 18.2 Å². The maximum Gasteiger partial charge on any atom is 0.263 e. The van der Waals surface area contributed by atoms with Crippen LogP contribution < -0.4 is 19.5 Å². The average Bonchev–Trinajstić information content (AvgIpc) is 3.44. The molecule has 0 saturated heterocycles. The van der Waals surface area contributed by atoms with Gasteiger partial charge in [0.2, 0.25) is 0 Å². The lowest BCUT2D eigenvalue weighted by molar-refractivity contribution is 0.395. The van der Waals surface area contributed by atoms with Crippen LogP contribution in [0.5, 0.6) is 11.5 Å². The Morgan fingerprint density at radius 1 is 0.750 bits per heavy atom. The van der Waals surface area contributed by atoms with Crippen molar-refractivity contribution in [2.45, 2.75) is 4.90 Å². The molecule has 5 rings (SSSR count). The van der Waals surface area contributed by atoms with Crippen molar-refractivity contribution in [2.75, 3.05) is 24.3 Å². The normalized spacial score (nSPS) is 11.3. The number of fused-ring (bicyclic) bond motifs is 1. The number of methoxy groups -OCH3 is 2. The number of rotatable bonds is 8. The molecule has 0 aliphatic heterocycles. The molecule has 0 aliphatic rings. The summed E-state index contributed by atoms with van der Waals surface area (Å²) >= 11 is 0. The second-order valence-electron chi connectivity index (χ2n) is 7.83. The lowest BCUT2D eigenvalue weighted by Crippen LogP contribution is -2.16. The number of sulfonamides is 1. The maximum atomic E-state index is 13.4. The van der Waals surface area contributed by atoms with Crippen LogP contribution in [-0.4, -0.2) is 37.2 Å². The first-order valence-corrected chi connectivity index (χ1v) is 12.5. The van der Waals surface area contributed by atoms with E-state index in [9.17, 15) is 8.42 Å². The molecule has 36 heavy (non-hydrogen) atoms. The number of anilines is 3. The van der Waals surface area contributed by atoms with Gasteiger partial charge in [-0.25, -0.2) is 18.4 Å². The first-order valence-electron chi connectivity index (χ1n) is 11.0. The van der Waals surface area contributed by atoms with E-state index in [1.807, 2.05) is 47.3 Å². The van der Waals surface area contributed by atoms with Gasteiger partial charge in [0.05, 0.1) is 30.1 Å². The van der Waals surface area contributed by atoms with E-state index in [0.717, 1.165) is 0 Å². The fraction of sp³-hybridized carbons (Fsp3) is 0.0769. The monoisotopic (exact) mass is 501 g/mol. The molecular weight excluding hydrogens is 478 g/mol. The Kier molecular flexibility index (Phi) is 6.17. The number of para-hydroxylation sites is 2. The molecule has 0 spiro atoms. The summed E-state index contributed by atoms with van der Waals surface area (Å²) in [6.07, 6.45) is 3.69.